The van der Waals surface area contributed by atoms with Crippen LogP contribution in [0, 0.1) is 0 Å². The van der Waals surface area contributed by atoms with Crippen LogP contribution in [0.4, 0.5) is 0 Å². The molecule has 0 aliphatic rings. The number of quaternary nitrogens is 1. The maximum absolute atomic E-state index is 12.2. The van der Waals surface area contributed by atoms with Gasteiger partial charge in [0.1, 0.15) is 11.8 Å². The van der Waals surface area contributed by atoms with E-state index in [-0.39, 0.29) is 23.0 Å². The number of carboxylic acid groups (broad SMARTS) is 1. The van der Waals surface area contributed by atoms with E-state index in [2.05, 4.69) is 11.1 Å². The molecule has 8 nitrogen and oxygen atoms in total. The number of amides is 1. The molecule has 0 spiro atoms. The van der Waals surface area contributed by atoms with Crippen LogP contribution in [0.1, 0.15) is 19.4 Å². The SMILES string of the molecule is CC(=O)NC(CSC(C)=O)C(=O)Oc1ccc(CC([NH3+])C(=O)O)cc1. The van der Waals surface area contributed by atoms with Gasteiger partial charge in [0.15, 0.2) is 11.2 Å². The van der Waals surface area contributed by atoms with Gasteiger partial charge in [0.05, 0.1) is 0 Å². The Kier molecular flexibility index (Phi) is 8.09. The molecule has 2 unspecified atom stereocenters. The molecule has 0 radical (unpaired) electrons. The number of ether oxygens (including phenoxy) is 1. The van der Waals surface area contributed by atoms with Gasteiger partial charge in [0.2, 0.25) is 5.91 Å². The highest BCUT2D eigenvalue weighted by Crippen LogP contribution is 2.15. The van der Waals surface area contributed by atoms with Gasteiger partial charge < -0.3 is 20.9 Å². The van der Waals surface area contributed by atoms with E-state index in [0.29, 0.717) is 0 Å². The normalized spacial score (nSPS) is 12.8. The Hall–Kier alpha value is -2.39. The van der Waals surface area contributed by atoms with Gasteiger partial charge in [-0.15, -0.1) is 0 Å². The summed E-state index contributed by atoms with van der Waals surface area (Å²) < 4.78 is 5.21. The first-order valence-electron chi connectivity index (χ1n) is 7.46. The second-order valence-electron chi connectivity index (χ2n) is 5.36. The van der Waals surface area contributed by atoms with Crippen LogP contribution in [0.5, 0.6) is 5.75 Å². The fourth-order valence-corrected chi connectivity index (χ4v) is 2.49. The molecule has 2 atom stereocenters. The molecular weight excluding hydrogens is 348 g/mol. The maximum Gasteiger partial charge on any atom is 0.362 e. The van der Waals surface area contributed by atoms with Crippen molar-refractivity contribution in [2.75, 3.05) is 5.75 Å². The van der Waals surface area contributed by atoms with Gasteiger partial charge in [0, 0.05) is 26.0 Å². The first-order chi connectivity index (χ1) is 11.7. The molecule has 25 heavy (non-hydrogen) atoms. The third-order valence-electron chi connectivity index (χ3n) is 3.09. The molecule has 0 heterocycles. The van der Waals surface area contributed by atoms with Crippen LogP contribution in [0.25, 0.3) is 0 Å². The fraction of sp³-hybridized carbons (Fsp3) is 0.375. The van der Waals surface area contributed by atoms with Crippen molar-refractivity contribution >= 4 is 34.7 Å². The summed E-state index contributed by atoms with van der Waals surface area (Å²) in [5.74, 6) is -1.74. The number of hydrogen-bond acceptors (Lipinski definition) is 6. The smallest absolute Gasteiger partial charge is 0.362 e. The van der Waals surface area contributed by atoms with E-state index in [1.807, 2.05) is 0 Å². The first kappa shape index (κ1) is 20.7. The fourth-order valence-electron chi connectivity index (χ4n) is 1.87. The van der Waals surface area contributed by atoms with Crippen LogP contribution in [0.3, 0.4) is 0 Å². The Bertz CT molecular complexity index is 647. The van der Waals surface area contributed by atoms with Crippen LogP contribution in [-0.2, 0) is 25.6 Å². The lowest BCUT2D eigenvalue weighted by atomic mass is 10.1. The Morgan fingerprint density at radius 2 is 1.80 bits per heavy atom. The predicted octanol–water partition coefficient (Wildman–Crippen LogP) is -0.386. The third-order valence-corrected chi connectivity index (χ3v) is 3.99. The van der Waals surface area contributed by atoms with Gasteiger partial charge in [0.25, 0.3) is 0 Å². The number of carbonyl (C=O) groups excluding carboxylic acids is 3. The number of rotatable bonds is 8. The maximum atomic E-state index is 12.2. The van der Waals surface area contributed by atoms with E-state index in [0.717, 1.165) is 17.3 Å². The largest absolute Gasteiger partial charge is 0.477 e. The number of thioether (sulfide) groups is 1. The van der Waals surface area contributed by atoms with Crippen LogP contribution in [-0.4, -0.2) is 45.9 Å². The van der Waals surface area contributed by atoms with Gasteiger partial charge in [-0.2, -0.15) is 0 Å². The van der Waals surface area contributed by atoms with Crippen molar-refractivity contribution in [3.05, 3.63) is 29.8 Å². The van der Waals surface area contributed by atoms with Gasteiger partial charge >= 0.3 is 11.9 Å². The van der Waals surface area contributed by atoms with Crippen molar-refractivity contribution < 1.29 is 34.8 Å². The van der Waals surface area contributed by atoms with Crippen molar-refractivity contribution in [3.63, 3.8) is 0 Å². The van der Waals surface area contributed by atoms with Gasteiger partial charge in [-0.25, -0.2) is 9.59 Å². The van der Waals surface area contributed by atoms with Gasteiger partial charge in [-0.05, 0) is 17.7 Å². The average Bonchev–Trinajstić information content (AvgIpc) is 2.52. The van der Waals surface area contributed by atoms with Crippen molar-refractivity contribution in [1.82, 2.24) is 5.32 Å². The quantitative estimate of drug-likeness (QED) is 0.419. The molecular formula is C16H21N2O6S+. The molecule has 0 fully saturated rings. The summed E-state index contributed by atoms with van der Waals surface area (Å²) in [6.07, 6.45) is 0.257. The zero-order valence-corrected chi connectivity index (χ0v) is 14.8. The van der Waals surface area contributed by atoms with Crippen molar-refractivity contribution in [3.8, 4) is 5.75 Å². The minimum Gasteiger partial charge on any atom is -0.477 e. The topological polar surface area (TPSA) is 137 Å². The van der Waals surface area contributed by atoms with E-state index in [4.69, 9.17) is 9.84 Å². The second kappa shape index (κ2) is 9.80. The molecule has 1 aromatic rings. The lowest BCUT2D eigenvalue weighted by Gasteiger charge is -2.15. The number of benzene rings is 1. The highest BCUT2D eigenvalue weighted by molar-refractivity contribution is 8.13. The Morgan fingerprint density at radius 1 is 1.20 bits per heavy atom. The monoisotopic (exact) mass is 369 g/mol. The van der Waals surface area contributed by atoms with E-state index < -0.39 is 29.9 Å². The summed E-state index contributed by atoms with van der Waals surface area (Å²) in [7, 11) is 0. The molecule has 0 bridgehead atoms. The summed E-state index contributed by atoms with van der Waals surface area (Å²) in [5.41, 5.74) is 4.28. The number of carboxylic acids is 1. The first-order valence-corrected chi connectivity index (χ1v) is 8.44. The minimum atomic E-state index is -0.989. The van der Waals surface area contributed by atoms with Crippen molar-refractivity contribution in [2.24, 2.45) is 0 Å². The van der Waals surface area contributed by atoms with Crippen molar-refractivity contribution in [2.45, 2.75) is 32.4 Å². The Morgan fingerprint density at radius 3 is 2.28 bits per heavy atom. The number of carbonyl (C=O) groups is 4. The van der Waals surface area contributed by atoms with Crippen molar-refractivity contribution in [1.29, 1.82) is 0 Å². The number of hydrogen-bond donors (Lipinski definition) is 3. The summed E-state index contributed by atoms with van der Waals surface area (Å²) in [5, 5.41) is 11.1. The summed E-state index contributed by atoms with van der Waals surface area (Å²) in [4.78, 5) is 45.2. The van der Waals surface area contributed by atoms with Crippen LogP contribution in [0.15, 0.2) is 24.3 Å². The minimum absolute atomic E-state index is 0.0770. The molecule has 136 valence electrons. The molecule has 0 aliphatic heterocycles. The molecule has 9 heteroatoms. The molecule has 1 amide bonds. The van der Waals surface area contributed by atoms with E-state index in [9.17, 15) is 19.2 Å². The average molecular weight is 369 g/mol. The number of esters is 1. The van der Waals surface area contributed by atoms with Crippen LogP contribution in [0.2, 0.25) is 0 Å². The predicted molar refractivity (Wildman–Crippen MR) is 90.8 cm³/mol. The summed E-state index contributed by atoms with van der Waals surface area (Å²) in [6, 6.07) is 4.64. The Balaban J connectivity index is 2.70. The number of nitrogens with one attached hydrogen (secondary N) is 1. The van der Waals surface area contributed by atoms with Gasteiger partial charge in [-0.3, -0.25) is 9.59 Å². The van der Waals surface area contributed by atoms with E-state index >= 15 is 0 Å². The second-order valence-corrected chi connectivity index (χ2v) is 6.56. The molecule has 1 aromatic carbocycles. The Labute approximate surface area is 149 Å². The zero-order valence-electron chi connectivity index (χ0n) is 14.0. The van der Waals surface area contributed by atoms with E-state index in [1.165, 1.54) is 26.0 Å². The lowest BCUT2D eigenvalue weighted by molar-refractivity contribution is -0.407. The highest BCUT2D eigenvalue weighted by Gasteiger charge is 2.23. The van der Waals surface area contributed by atoms with Crippen LogP contribution >= 0.6 is 11.8 Å². The zero-order chi connectivity index (χ0) is 19.0. The van der Waals surface area contributed by atoms with Gasteiger partial charge in [-0.1, -0.05) is 23.9 Å². The molecule has 0 aromatic heterocycles. The lowest BCUT2D eigenvalue weighted by Crippen LogP contribution is -2.65. The standard InChI is InChI=1S/C16H20N2O6S/c1-9(19)18-14(8-25-10(2)20)16(23)24-12-5-3-11(4-6-12)7-13(17)15(21)22/h3-6,13-14H,7-8,17H2,1-2H3,(H,18,19)(H,21,22)/p+1. The van der Waals surface area contributed by atoms with E-state index in [1.54, 1.807) is 12.1 Å². The number of aliphatic carboxylic acids is 1. The molecule has 5 N–H and O–H groups in total. The summed E-state index contributed by atoms with van der Waals surface area (Å²) >= 11 is 0.915. The van der Waals surface area contributed by atoms with Crippen LogP contribution < -0.4 is 15.8 Å². The third kappa shape index (κ3) is 7.81. The highest BCUT2D eigenvalue weighted by atomic mass is 32.2. The molecule has 0 aliphatic carbocycles. The molecule has 1 rings (SSSR count). The summed E-state index contributed by atoms with van der Waals surface area (Å²) in [6.45, 7) is 2.64. The molecule has 0 saturated carbocycles. The molecule has 0 saturated heterocycles.